The fraction of sp³-hybridized carbons (Fsp3) is 0.526. The van der Waals surface area contributed by atoms with Crippen LogP contribution in [-0.4, -0.2) is 44.9 Å². The van der Waals surface area contributed by atoms with E-state index in [1.54, 1.807) is 6.20 Å². The highest BCUT2D eigenvalue weighted by atomic mass is 16.2. The summed E-state index contributed by atoms with van der Waals surface area (Å²) in [7, 11) is 0. The van der Waals surface area contributed by atoms with E-state index in [4.69, 9.17) is 0 Å². The van der Waals surface area contributed by atoms with E-state index in [-0.39, 0.29) is 11.9 Å². The summed E-state index contributed by atoms with van der Waals surface area (Å²) in [6.07, 6.45) is 5.80. The summed E-state index contributed by atoms with van der Waals surface area (Å²) in [5.41, 5.74) is 3.15. The molecule has 2 aromatic rings. The zero-order valence-corrected chi connectivity index (χ0v) is 15.3. The third-order valence-electron chi connectivity index (χ3n) is 5.22. The molecule has 0 radical (unpaired) electrons. The molecule has 1 aromatic heterocycles. The molecule has 1 N–H and O–H groups in total. The SMILES string of the molecule is Cc1cccc(C)c1NC(=O)[C@H](C)N1CCC(Cn2ccnn2)CC1. The summed E-state index contributed by atoms with van der Waals surface area (Å²) in [6.45, 7) is 8.87. The van der Waals surface area contributed by atoms with Gasteiger partial charge in [-0.2, -0.15) is 0 Å². The van der Waals surface area contributed by atoms with Gasteiger partial charge in [0.25, 0.3) is 0 Å². The Labute approximate surface area is 149 Å². The molecule has 0 unspecified atom stereocenters. The number of piperidine rings is 1. The third-order valence-corrected chi connectivity index (χ3v) is 5.22. The Hall–Kier alpha value is -2.21. The summed E-state index contributed by atoms with van der Waals surface area (Å²) in [5.74, 6) is 0.680. The summed E-state index contributed by atoms with van der Waals surface area (Å²) in [5, 5.41) is 11.0. The van der Waals surface area contributed by atoms with Crippen LogP contribution in [0.1, 0.15) is 30.9 Å². The van der Waals surface area contributed by atoms with Crippen molar-refractivity contribution in [2.75, 3.05) is 18.4 Å². The Balaban J connectivity index is 1.53. The lowest BCUT2D eigenvalue weighted by Gasteiger charge is -2.35. The molecule has 0 spiro atoms. The molecule has 25 heavy (non-hydrogen) atoms. The first-order chi connectivity index (χ1) is 12.0. The van der Waals surface area contributed by atoms with E-state index in [9.17, 15) is 4.79 Å². The van der Waals surface area contributed by atoms with E-state index in [0.29, 0.717) is 5.92 Å². The number of para-hydroxylation sites is 1. The highest BCUT2D eigenvalue weighted by molar-refractivity contribution is 5.95. The average Bonchev–Trinajstić information content (AvgIpc) is 3.11. The number of nitrogens with zero attached hydrogens (tertiary/aromatic N) is 4. The molecule has 1 fully saturated rings. The molecule has 1 aromatic carbocycles. The van der Waals surface area contributed by atoms with Crippen LogP contribution in [-0.2, 0) is 11.3 Å². The summed E-state index contributed by atoms with van der Waals surface area (Å²) < 4.78 is 1.90. The van der Waals surface area contributed by atoms with Gasteiger partial charge in [-0.25, -0.2) is 0 Å². The van der Waals surface area contributed by atoms with Gasteiger partial charge in [0.15, 0.2) is 0 Å². The number of aromatic nitrogens is 3. The lowest BCUT2D eigenvalue weighted by Crippen LogP contribution is -2.46. The van der Waals surface area contributed by atoms with Gasteiger partial charge in [-0.1, -0.05) is 23.4 Å². The minimum Gasteiger partial charge on any atom is -0.324 e. The minimum atomic E-state index is -0.119. The lowest BCUT2D eigenvalue weighted by atomic mass is 9.95. The van der Waals surface area contributed by atoms with E-state index < -0.39 is 0 Å². The zero-order valence-electron chi connectivity index (χ0n) is 15.3. The molecular weight excluding hydrogens is 314 g/mol. The van der Waals surface area contributed by atoms with Gasteiger partial charge < -0.3 is 5.32 Å². The fourth-order valence-electron chi connectivity index (χ4n) is 3.52. The second kappa shape index (κ2) is 7.78. The van der Waals surface area contributed by atoms with Crippen LogP contribution in [0.25, 0.3) is 0 Å². The van der Waals surface area contributed by atoms with E-state index in [0.717, 1.165) is 49.3 Å². The van der Waals surface area contributed by atoms with E-state index in [1.165, 1.54) is 0 Å². The van der Waals surface area contributed by atoms with E-state index in [2.05, 4.69) is 20.5 Å². The Morgan fingerprint density at radius 2 is 1.96 bits per heavy atom. The zero-order chi connectivity index (χ0) is 17.8. The molecule has 1 aliphatic heterocycles. The molecule has 2 heterocycles. The molecule has 1 saturated heterocycles. The van der Waals surface area contributed by atoms with Crippen molar-refractivity contribution in [3.05, 3.63) is 41.7 Å². The van der Waals surface area contributed by atoms with Crippen LogP contribution in [0.2, 0.25) is 0 Å². The van der Waals surface area contributed by atoms with Gasteiger partial charge in [0.2, 0.25) is 5.91 Å². The topological polar surface area (TPSA) is 63.1 Å². The van der Waals surface area contributed by atoms with Crippen LogP contribution in [0, 0.1) is 19.8 Å². The molecule has 3 rings (SSSR count). The molecule has 1 amide bonds. The Bertz CT molecular complexity index is 684. The van der Waals surface area contributed by atoms with Gasteiger partial charge in [-0.3, -0.25) is 14.4 Å². The van der Waals surface area contributed by atoms with Crippen molar-refractivity contribution in [2.45, 2.75) is 46.2 Å². The number of hydrogen-bond donors (Lipinski definition) is 1. The first kappa shape index (κ1) is 17.6. The predicted molar refractivity (Wildman–Crippen MR) is 98.3 cm³/mol. The van der Waals surface area contributed by atoms with Gasteiger partial charge in [-0.05, 0) is 63.7 Å². The van der Waals surface area contributed by atoms with Crippen molar-refractivity contribution in [3.63, 3.8) is 0 Å². The molecule has 6 nitrogen and oxygen atoms in total. The van der Waals surface area contributed by atoms with Crippen molar-refractivity contribution >= 4 is 11.6 Å². The Morgan fingerprint density at radius 3 is 2.56 bits per heavy atom. The number of carbonyl (C=O) groups excluding carboxylic acids is 1. The first-order valence-electron chi connectivity index (χ1n) is 9.00. The number of amides is 1. The number of aryl methyl sites for hydroxylation is 2. The smallest absolute Gasteiger partial charge is 0.241 e. The van der Waals surface area contributed by atoms with Crippen molar-refractivity contribution in [3.8, 4) is 0 Å². The quantitative estimate of drug-likeness (QED) is 0.908. The molecular formula is C19H27N5O. The molecule has 0 bridgehead atoms. The Kier molecular flexibility index (Phi) is 5.48. The number of carbonyl (C=O) groups is 1. The van der Waals surface area contributed by atoms with Crippen LogP contribution in [0.5, 0.6) is 0 Å². The number of hydrogen-bond acceptors (Lipinski definition) is 4. The second-order valence-corrected chi connectivity index (χ2v) is 7.04. The lowest BCUT2D eigenvalue weighted by molar-refractivity contribution is -0.121. The van der Waals surface area contributed by atoms with Gasteiger partial charge in [0, 0.05) is 18.4 Å². The minimum absolute atomic E-state index is 0.0760. The summed E-state index contributed by atoms with van der Waals surface area (Å²) >= 11 is 0. The van der Waals surface area contributed by atoms with Crippen molar-refractivity contribution in [2.24, 2.45) is 5.92 Å². The van der Waals surface area contributed by atoms with Crippen molar-refractivity contribution in [1.82, 2.24) is 19.9 Å². The molecule has 1 atom stereocenters. The fourth-order valence-corrected chi connectivity index (χ4v) is 3.52. The maximum atomic E-state index is 12.7. The van der Waals surface area contributed by atoms with Crippen LogP contribution in [0.15, 0.2) is 30.6 Å². The number of benzene rings is 1. The van der Waals surface area contributed by atoms with Crippen LogP contribution in [0.4, 0.5) is 5.69 Å². The van der Waals surface area contributed by atoms with Crippen molar-refractivity contribution in [1.29, 1.82) is 0 Å². The maximum Gasteiger partial charge on any atom is 0.241 e. The van der Waals surface area contributed by atoms with Crippen LogP contribution < -0.4 is 5.32 Å². The van der Waals surface area contributed by atoms with Gasteiger partial charge >= 0.3 is 0 Å². The van der Waals surface area contributed by atoms with Gasteiger partial charge in [-0.15, -0.1) is 5.10 Å². The second-order valence-electron chi connectivity index (χ2n) is 7.04. The number of nitrogens with one attached hydrogen (secondary N) is 1. The standard InChI is InChI=1S/C19H27N5O/c1-14-5-4-6-15(2)18(14)21-19(25)16(3)23-10-7-17(8-11-23)13-24-12-9-20-22-24/h4-6,9,12,16-17H,7-8,10-11,13H2,1-3H3,(H,21,25)/t16-/m0/s1. The summed E-state index contributed by atoms with van der Waals surface area (Å²) in [6, 6.07) is 5.96. The molecule has 6 heteroatoms. The highest BCUT2D eigenvalue weighted by Crippen LogP contribution is 2.23. The van der Waals surface area contributed by atoms with Crippen LogP contribution in [0.3, 0.4) is 0 Å². The number of anilines is 1. The Morgan fingerprint density at radius 1 is 1.28 bits per heavy atom. The number of rotatable bonds is 5. The van der Waals surface area contributed by atoms with Crippen LogP contribution >= 0.6 is 0 Å². The van der Waals surface area contributed by atoms with Gasteiger partial charge in [0.1, 0.15) is 0 Å². The van der Waals surface area contributed by atoms with Gasteiger partial charge in [0.05, 0.1) is 12.2 Å². The highest BCUT2D eigenvalue weighted by Gasteiger charge is 2.27. The molecule has 0 aliphatic carbocycles. The number of likely N-dealkylation sites (tertiary alicyclic amines) is 1. The monoisotopic (exact) mass is 341 g/mol. The first-order valence-corrected chi connectivity index (χ1v) is 9.00. The average molecular weight is 341 g/mol. The normalized spacial score (nSPS) is 17.4. The predicted octanol–water partition coefficient (Wildman–Crippen LogP) is 2.63. The molecule has 0 saturated carbocycles. The van der Waals surface area contributed by atoms with Crippen molar-refractivity contribution < 1.29 is 4.79 Å². The van der Waals surface area contributed by atoms with E-state index in [1.807, 2.05) is 49.8 Å². The van der Waals surface area contributed by atoms with E-state index >= 15 is 0 Å². The third kappa shape index (κ3) is 4.25. The summed E-state index contributed by atoms with van der Waals surface area (Å²) in [4.78, 5) is 15.0. The molecule has 1 aliphatic rings. The maximum absolute atomic E-state index is 12.7. The largest absolute Gasteiger partial charge is 0.324 e. The molecule has 134 valence electrons.